The molecule has 12 atom stereocenters. The lowest BCUT2D eigenvalue weighted by molar-refractivity contribution is -0.234. The molecule has 6 N–H and O–H groups in total. The summed E-state index contributed by atoms with van der Waals surface area (Å²) in [5.41, 5.74) is 1.83. The van der Waals surface area contributed by atoms with Gasteiger partial charge in [0.2, 0.25) is 11.8 Å². The molecule has 5 rings (SSSR count). The molecule has 0 aliphatic heterocycles. The Kier molecular flexibility index (Phi) is 11.5. The molecule has 0 saturated heterocycles. The van der Waals surface area contributed by atoms with Crippen LogP contribution in [0.5, 0.6) is 0 Å². The number of ether oxygens (including phenoxy) is 1. The highest BCUT2D eigenvalue weighted by Gasteiger charge is 2.70. The number of nitrogens with zero attached hydrogens (tertiary/aromatic N) is 1. The Balaban J connectivity index is 1.51. The normalized spacial score (nSPS) is 37.3. The number of hydrogen-bond acceptors (Lipinski definition) is 8. The molecule has 12 heteroatoms. The van der Waals surface area contributed by atoms with Gasteiger partial charge in [-0.1, -0.05) is 39.3 Å². The maximum Gasteiger partial charge on any atom is 0.326 e. The van der Waals surface area contributed by atoms with Gasteiger partial charge in [-0.15, -0.1) is 0 Å². The van der Waals surface area contributed by atoms with Crippen molar-refractivity contribution >= 4 is 23.8 Å². The van der Waals surface area contributed by atoms with Gasteiger partial charge in [-0.3, -0.25) is 14.4 Å². The maximum absolute atomic E-state index is 14.4. The van der Waals surface area contributed by atoms with Crippen molar-refractivity contribution in [2.75, 3.05) is 0 Å². The first kappa shape index (κ1) is 39.7. The van der Waals surface area contributed by atoms with E-state index in [1.165, 1.54) is 26.4 Å². The summed E-state index contributed by atoms with van der Waals surface area (Å²) < 4.78 is 6.08. The minimum atomic E-state index is -1.24. The number of carbonyl (C=O) groups excluding carboxylic acids is 3. The Morgan fingerprint density at radius 2 is 1.77 bits per heavy atom. The summed E-state index contributed by atoms with van der Waals surface area (Å²) in [5.74, 6) is -2.68. The van der Waals surface area contributed by atoms with Crippen molar-refractivity contribution in [1.29, 1.82) is 0 Å². The lowest BCUT2D eigenvalue weighted by Crippen LogP contribution is -2.65. The molecule has 0 radical (unpaired) electrons. The molecular formula is C40H60N4O8. The number of aliphatic hydroxyl groups is 2. The van der Waals surface area contributed by atoms with Crippen LogP contribution >= 0.6 is 0 Å². The fourth-order valence-electron chi connectivity index (χ4n) is 11.3. The second-order valence-corrected chi connectivity index (χ2v) is 17.2. The SMILES string of the molecule is CC(=O)O[C@H]1C[C@@]2(C)[C@@H](C[C@@H](O)[C@H]3[C@@]4(C)CC[C@@H](O)[C@@H](C)[C@@H]4CC[C@@]32C)/C1=C(\CCC=C(C)C)C(=O)N[C@@H](C)C(=O)N[C@@H](Cc1cnc[nH]1)C(=O)O. The summed E-state index contributed by atoms with van der Waals surface area (Å²) in [5, 5.41) is 38.3. The number of aromatic amines is 1. The number of carbonyl (C=O) groups is 4. The molecule has 52 heavy (non-hydrogen) atoms. The van der Waals surface area contributed by atoms with E-state index in [1.54, 1.807) is 0 Å². The Morgan fingerprint density at radius 1 is 1.06 bits per heavy atom. The first-order chi connectivity index (χ1) is 24.3. The first-order valence-electron chi connectivity index (χ1n) is 19.0. The molecule has 1 heterocycles. The number of allylic oxidation sites excluding steroid dienone is 2. The Labute approximate surface area is 307 Å². The molecule has 288 valence electrons. The van der Waals surface area contributed by atoms with Gasteiger partial charge < -0.3 is 35.7 Å². The second kappa shape index (κ2) is 15.1. The molecule has 0 unspecified atom stereocenters. The van der Waals surface area contributed by atoms with Gasteiger partial charge in [0.05, 0.1) is 18.5 Å². The van der Waals surface area contributed by atoms with Gasteiger partial charge in [-0.2, -0.15) is 0 Å². The smallest absolute Gasteiger partial charge is 0.326 e. The molecule has 4 saturated carbocycles. The van der Waals surface area contributed by atoms with Crippen molar-refractivity contribution in [1.82, 2.24) is 20.6 Å². The van der Waals surface area contributed by atoms with Crippen molar-refractivity contribution in [3.05, 3.63) is 41.0 Å². The fourth-order valence-corrected chi connectivity index (χ4v) is 11.3. The number of carboxylic acid groups (broad SMARTS) is 1. The van der Waals surface area contributed by atoms with Gasteiger partial charge in [0.1, 0.15) is 18.2 Å². The number of aliphatic carboxylic acids is 1. The molecule has 2 amide bonds. The highest BCUT2D eigenvalue weighted by atomic mass is 16.5. The number of carboxylic acids is 1. The number of hydrogen-bond donors (Lipinski definition) is 6. The largest absolute Gasteiger partial charge is 0.480 e. The molecule has 0 bridgehead atoms. The van der Waals surface area contributed by atoms with Crippen molar-refractivity contribution in [2.45, 2.75) is 144 Å². The van der Waals surface area contributed by atoms with Crippen LogP contribution < -0.4 is 10.6 Å². The lowest BCUT2D eigenvalue weighted by Gasteiger charge is -2.69. The van der Waals surface area contributed by atoms with Crippen molar-refractivity contribution in [3.63, 3.8) is 0 Å². The third kappa shape index (κ3) is 7.21. The van der Waals surface area contributed by atoms with Crippen molar-refractivity contribution in [3.8, 4) is 0 Å². The third-order valence-corrected chi connectivity index (χ3v) is 13.9. The minimum absolute atomic E-state index is 0.00849. The van der Waals surface area contributed by atoms with Crippen LogP contribution in [0, 0.1) is 39.9 Å². The predicted octanol–water partition coefficient (Wildman–Crippen LogP) is 4.62. The van der Waals surface area contributed by atoms with Crippen molar-refractivity contribution < 1.29 is 39.2 Å². The summed E-state index contributed by atoms with van der Waals surface area (Å²) in [6.45, 7) is 15.8. The maximum atomic E-state index is 14.4. The Hall–Kier alpha value is -3.51. The molecule has 4 fully saturated rings. The third-order valence-electron chi connectivity index (χ3n) is 13.9. The molecular weight excluding hydrogens is 664 g/mol. The number of amides is 2. The summed E-state index contributed by atoms with van der Waals surface area (Å²) in [6.07, 6.45) is 8.34. The fraction of sp³-hybridized carbons (Fsp3) is 0.725. The van der Waals surface area contributed by atoms with E-state index in [0.29, 0.717) is 48.9 Å². The first-order valence-corrected chi connectivity index (χ1v) is 19.0. The average Bonchev–Trinajstić information content (AvgIpc) is 3.66. The van der Waals surface area contributed by atoms with Crippen molar-refractivity contribution in [2.24, 2.45) is 39.9 Å². The topological polar surface area (TPSA) is 191 Å². The number of aromatic nitrogens is 2. The summed E-state index contributed by atoms with van der Waals surface area (Å²) in [7, 11) is 0. The van der Waals surface area contributed by atoms with E-state index in [0.717, 1.165) is 24.8 Å². The van der Waals surface area contributed by atoms with Crippen LogP contribution in [0.25, 0.3) is 0 Å². The van der Waals surface area contributed by atoms with Crippen LogP contribution in [0.3, 0.4) is 0 Å². The Bertz CT molecular complexity index is 1580. The van der Waals surface area contributed by atoms with Crippen LogP contribution in [0.4, 0.5) is 0 Å². The predicted molar refractivity (Wildman–Crippen MR) is 194 cm³/mol. The summed E-state index contributed by atoms with van der Waals surface area (Å²) >= 11 is 0. The minimum Gasteiger partial charge on any atom is -0.480 e. The molecule has 1 aromatic rings. The van der Waals surface area contributed by atoms with E-state index >= 15 is 0 Å². The number of rotatable bonds is 11. The standard InChI is InChI=1S/C40H60N4O8/c1-21(2)10-9-11-26(36(49)43-23(4)35(48)44-29(37(50)51)16-25-19-41-20-42-25)33-28-17-31(47)34-38(6)14-13-30(46)22(3)27(38)12-15-39(34,7)40(28,8)18-32(33)52-24(5)45/h10,19-20,22-23,27-32,34,46-47H,9,11-18H2,1-8H3,(H,41,42)(H,43,49)(H,44,48)(H,50,51)/b33-26-/t22-,23-,27-,28-,29-,30+,31+,32-,34-,38-,39-,40-/m0/s1. The highest BCUT2D eigenvalue weighted by Crippen LogP contribution is 2.74. The summed E-state index contributed by atoms with van der Waals surface area (Å²) in [6, 6.07) is -2.32. The molecule has 0 aromatic carbocycles. The van der Waals surface area contributed by atoms with Crippen LogP contribution in [0.1, 0.15) is 112 Å². The second-order valence-electron chi connectivity index (χ2n) is 17.2. The lowest BCUT2D eigenvalue weighted by atomic mass is 9.36. The quantitative estimate of drug-likeness (QED) is 0.107. The van der Waals surface area contributed by atoms with Crippen LogP contribution in [-0.4, -0.2) is 79.4 Å². The summed E-state index contributed by atoms with van der Waals surface area (Å²) in [4.78, 5) is 59.2. The number of H-pyrrole nitrogens is 1. The van der Waals surface area contributed by atoms with Gasteiger partial charge in [-0.25, -0.2) is 9.78 Å². The van der Waals surface area contributed by atoms with E-state index in [-0.39, 0.29) is 47.0 Å². The van der Waals surface area contributed by atoms with E-state index < -0.39 is 53.5 Å². The zero-order valence-corrected chi connectivity index (χ0v) is 32.1. The Morgan fingerprint density at radius 3 is 2.38 bits per heavy atom. The van der Waals surface area contributed by atoms with E-state index in [2.05, 4.69) is 48.3 Å². The van der Waals surface area contributed by atoms with E-state index in [9.17, 15) is 34.5 Å². The number of nitrogens with one attached hydrogen (secondary N) is 3. The van der Waals surface area contributed by atoms with Gasteiger partial charge in [0, 0.05) is 30.8 Å². The number of fused-ring (bicyclic) bond motifs is 5. The monoisotopic (exact) mass is 724 g/mol. The van der Waals surface area contributed by atoms with Gasteiger partial charge >= 0.3 is 11.9 Å². The number of esters is 1. The number of imidazole rings is 1. The van der Waals surface area contributed by atoms with Crippen LogP contribution in [-0.2, 0) is 30.3 Å². The van der Waals surface area contributed by atoms with E-state index in [4.69, 9.17) is 4.74 Å². The van der Waals surface area contributed by atoms with Gasteiger partial charge in [0.15, 0.2) is 0 Å². The molecule has 0 spiro atoms. The van der Waals surface area contributed by atoms with Gasteiger partial charge in [0.25, 0.3) is 0 Å². The molecule has 4 aliphatic rings. The van der Waals surface area contributed by atoms with Gasteiger partial charge in [-0.05, 0) is 118 Å². The zero-order valence-electron chi connectivity index (χ0n) is 32.1. The molecule has 1 aromatic heterocycles. The average molecular weight is 725 g/mol. The van der Waals surface area contributed by atoms with Crippen LogP contribution in [0.15, 0.2) is 35.3 Å². The van der Waals surface area contributed by atoms with Crippen LogP contribution in [0.2, 0.25) is 0 Å². The highest BCUT2D eigenvalue weighted by molar-refractivity contribution is 5.98. The zero-order chi connectivity index (χ0) is 38.3. The number of aliphatic hydroxyl groups excluding tert-OH is 2. The molecule has 12 nitrogen and oxygen atoms in total. The van der Waals surface area contributed by atoms with E-state index in [1.807, 2.05) is 19.9 Å². The molecule has 4 aliphatic carbocycles.